The number of unbranched alkanes of at least 4 members (excludes halogenated alkanes) is 3. The van der Waals surface area contributed by atoms with Gasteiger partial charge in [0.25, 0.3) is 0 Å². The Hall–Kier alpha value is 0.0569. The van der Waals surface area contributed by atoms with Gasteiger partial charge in [0.2, 0.25) is 0 Å². The predicted molar refractivity (Wildman–Crippen MR) is 85.0 cm³/mol. The molecule has 0 saturated carbocycles. The molecule has 0 aliphatic carbocycles. The summed E-state index contributed by atoms with van der Waals surface area (Å²) in [6, 6.07) is 0.845. The minimum atomic E-state index is -2.46. The van der Waals surface area contributed by atoms with Gasteiger partial charge in [0.1, 0.15) is 0 Å². The van der Waals surface area contributed by atoms with E-state index in [4.69, 9.17) is 18.0 Å². The summed E-state index contributed by atoms with van der Waals surface area (Å²) < 4.78 is 23.1. The molecule has 0 unspecified atom stereocenters. The van der Waals surface area contributed by atoms with Crippen molar-refractivity contribution in [3.8, 4) is 0 Å². The molecule has 122 valence electrons. The Morgan fingerprint density at radius 2 is 1.20 bits per heavy atom. The van der Waals surface area contributed by atoms with Crippen molar-refractivity contribution in [2.24, 2.45) is 0 Å². The third-order valence-corrected chi connectivity index (χ3v) is 6.16. The number of rotatable bonds is 15. The molecule has 4 nitrogen and oxygen atoms in total. The summed E-state index contributed by atoms with van der Waals surface area (Å²) >= 11 is 0. The molecule has 0 atom stereocenters. The lowest BCUT2D eigenvalue weighted by atomic mass is 10.2. The Bertz CT molecular complexity index is 185. The lowest BCUT2D eigenvalue weighted by Gasteiger charge is -2.28. The van der Waals surface area contributed by atoms with Crippen molar-refractivity contribution in [2.45, 2.75) is 65.8 Å². The third-order valence-electron chi connectivity index (χ3n) is 3.01. The second-order valence-electron chi connectivity index (χ2n) is 4.76. The number of hydrogen-bond donors (Lipinski definition) is 0. The van der Waals surface area contributed by atoms with Gasteiger partial charge in [-0.2, -0.15) is 0 Å². The van der Waals surface area contributed by atoms with Crippen molar-refractivity contribution in [1.29, 1.82) is 0 Å². The van der Waals surface area contributed by atoms with E-state index in [2.05, 4.69) is 6.92 Å². The molecule has 0 saturated heterocycles. The van der Waals surface area contributed by atoms with E-state index in [1.165, 1.54) is 25.7 Å². The summed E-state index contributed by atoms with van der Waals surface area (Å²) in [6.07, 6.45) is 5.95. The summed E-state index contributed by atoms with van der Waals surface area (Å²) in [5.41, 5.74) is 0. The molecule has 0 aliphatic heterocycles. The van der Waals surface area contributed by atoms with Gasteiger partial charge < -0.3 is 18.0 Å². The standard InChI is InChI=1S/C15H34O4Si/c1-5-9-10-11-13-16-14-12-15-20(17-6-2,18-7-3)19-8-4/h5-15H2,1-4H3. The van der Waals surface area contributed by atoms with Crippen LogP contribution >= 0.6 is 0 Å². The quantitative estimate of drug-likeness (QED) is 0.338. The molecule has 0 aromatic heterocycles. The van der Waals surface area contributed by atoms with E-state index >= 15 is 0 Å². The summed E-state index contributed by atoms with van der Waals surface area (Å²) in [7, 11) is -2.46. The fourth-order valence-electron chi connectivity index (χ4n) is 2.12. The van der Waals surface area contributed by atoms with Gasteiger partial charge in [-0.05, 0) is 33.6 Å². The van der Waals surface area contributed by atoms with E-state index < -0.39 is 8.80 Å². The molecule has 0 amide bonds. The van der Waals surface area contributed by atoms with Gasteiger partial charge in [0.15, 0.2) is 0 Å². The molecule has 0 heterocycles. The Balaban J connectivity index is 3.82. The summed E-state index contributed by atoms with van der Waals surface area (Å²) in [5, 5.41) is 0. The van der Waals surface area contributed by atoms with E-state index in [9.17, 15) is 0 Å². The molecule has 0 bridgehead atoms. The first-order valence-electron chi connectivity index (χ1n) is 8.24. The topological polar surface area (TPSA) is 36.9 Å². The summed E-state index contributed by atoms with van der Waals surface area (Å²) in [6.45, 7) is 11.8. The fourth-order valence-corrected chi connectivity index (χ4v) is 4.70. The van der Waals surface area contributed by atoms with Crippen LogP contribution in [0.5, 0.6) is 0 Å². The molecule has 0 fully saturated rings. The highest BCUT2D eigenvalue weighted by molar-refractivity contribution is 6.60. The first-order chi connectivity index (χ1) is 9.74. The van der Waals surface area contributed by atoms with Crippen molar-refractivity contribution >= 4 is 8.80 Å². The van der Waals surface area contributed by atoms with Gasteiger partial charge in [0, 0.05) is 39.1 Å². The first-order valence-corrected chi connectivity index (χ1v) is 10.2. The second kappa shape index (κ2) is 14.0. The van der Waals surface area contributed by atoms with E-state index in [0.717, 1.165) is 25.7 Å². The average molecular weight is 307 g/mol. The van der Waals surface area contributed by atoms with Gasteiger partial charge in [-0.1, -0.05) is 26.2 Å². The molecule has 5 heteroatoms. The SMILES string of the molecule is CCCCCCOCCC[Si](OCC)(OCC)OCC. The van der Waals surface area contributed by atoms with Gasteiger partial charge >= 0.3 is 8.80 Å². The zero-order valence-corrected chi connectivity index (χ0v) is 14.9. The first kappa shape index (κ1) is 20.1. The highest BCUT2D eigenvalue weighted by Gasteiger charge is 2.39. The molecule has 0 N–H and O–H groups in total. The maximum Gasteiger partial charge on any atom is 0.501 e. The van der Waals surface area contributed by atoms with Gasteiger partial charge in [0.05, 0.1) is 0 Å². The van der Waals surface area contributed by atoms with Crippen molar-refractivity contribution in [1.82, 2.24) is 0 Å². The Labute approximate surface area is 126 Å². The van der Waals surface area contributed by atoms with Crippen molar-refractivity contribution in [3.05, 3.63) is 0 Å². The molecule has 0 spiro atoms. The van der Waals surface area contributed by atoms with Gasteiger partial charge in [-0.3, -0.25) is 0 Å². The number of ether oxygens (including phenoxy) is 1. The Kier molecular flexibility index (Phi) is 14.1. The van der Waals surface area contributed by atoms with Crippen LogP contribution in [0.25, 0.3) is 0 Å². The molecule has 0 aromatic carbocycles. The molecule has 20 heavy (non-hydrogen) atoms. The minimum Gasteiger partial charge on any atom is -0.381 e. The van der Waals surface area contributed by atoms with Crippen LogP contribution in [0.4, 0.5) is 0 Å². The molecule has 0 aromatic rings. The average Bonchev–Trinajstić information content (AvgIpc) is 2.43. The third kappa shape index (κ3) is 9.88. The highest BCUT2D eigenvalue weighted by atomic mass is 28.4. The fraction of sp³-hybridized carbons (Fsp3) is 1.00. The van der Waals surface area contributed by atoms with Crippen molar-refractivity contribution in [3.63, 3.8) is 0 Å². The Morgan fingerprint density at radius 3 is 1.70 bits per heavy atom. The lowest BCUT2D eigenvalue weighted by molar-refractivity contribution is 0.0657. The van der Waals surface area contributed by atoms with Crippen molar-refractivity contribution in [2.75, 3.05) is 33.0 Å². The molecule has 0 aliphatic rings. The van der Waals surface area contributed by atoms with Crippen molar-refractivity contribution < 1.29 is 18.0 Å². The monoisotopic (exact) mass is 306 g/mol. The minimum absolute atomic E-state index is 0.643. The van der Waals surface area contributed by atoms with Crippen LogP contribution < -0.4 is 0 Å². The lowest BCUT2D eigenvalue weighted by Crippen LogP contribution is -2.46. The van der Waals surface area contributed by atoms with Crippen LogP contribution in [0, 0.1) is 0 Å². The second-order valence-corrected chi connectivity index (χ2v) is 7.49. The Morgan fingerprint density at radius 1 is 0.650 bits per heavy atom. The van der Waals surface area contributed by atoms with Gasteiger partial charge in [-0.25, -0.2) is 0 Å². The zero-order valence-electron chi connectivity index (χ0n) is 13.9. The molecular weight excluding hydrogens is 272 g/mol. The van der Waals surface area contributed by atoms with Crippen LogP contribution in [0.15, 0.2) is 0 Å². The summed E-state index contributed by atoms with van der Waals surface area (Å²) in [5.74, 6) is 0. The van der Waals surface area contributed by atoms with Crippen LogP contribution in [0.2, 0.25) is 6.04 Å². The smallest absolute Gasteiger partial charge is 0.381 e. The largest absolute Gasteiger partial charge is 0.501 e. The summed E-state index contributed by atoms with van der Waals surface area (Å²) in [4.78, 5) is 0. The molecule has 0 rings (SSSR count). The van der Waals surface area contributed by atoms with E-state index in [1.54, 1.807) is 0 Å². The molecule has 0 radical (unpaired) electrons. The van der Waals surface area contributed by atoms with E-state index in [1.807, 2.05) is 20.8 Å². The zero-order chi connectivity index (χ0) is 15.1. The highest BCUT2D eigenvalue weighted by Crippen LogP contribution is 2.18. The van der Waals surface area contributed by atoms with Crippen LogP contribution in [-0.4, -0.2) is 41.8 Å². The molecular formula is C15H34O4Si. The van der Waals surface area contributed by atoms with E-state index in [-0.39, 0.29) is 0 Å². The van der Waals surface area contributed by atoms with Crippen LogP contribution in [0.3, 0.4) is 0 Å². The maximum absolute atomic E-state index is 5.81. The van der Waals surface area contributed by atoms with E-state index in [0.29, 0.717) is 19.8 Å². The normalized spacial score (nSPS) is 12.0. The number of hydrogen-bond acceptors (Lipinski definition) is 4. The predicted octanol–water partition coefficient (Wildman–Crippen LogP) is 4.02. The van der Waals surface area contributed by atoms with Crippen LogP contribution in [-0.2, 0) is 18.0 Å². The van der Waals surface area contributed by atoms with Crippen LogP contribution in [0.1, 0.15) is 59.8 Å². The maximum atomic E-state index is 5.81. The van der Waals surface area contributed by atoms with Gasteiger partial charge in [-0.15, -0.1) is 0 Å².